The lowest BCUT2D eigenvalue weighted by molar-refractivity contribution is 0.0658. The minimum atomic E-state index is -1.19. The minimum absolute atomic E-state index is 0.147. The molecule has 3 rings (SSSR count). The number of aromatic nitrogens is 2. The van der Waals surface area contributed by atoms with Gasteiger partial charge < -0.3 is 15.1 Å². The van der Waals surface area contributed by atoms with Crippen molar-refractivity contribution in [3.63, 3.8) is 0 Å². The van der Waals surface area contributed by atoms with Crippen molar-refractivity contribution in [2.75, 3.05) is 38.5 Å². The lowest BCUT2D eigenvalue weighted by Gasteiger charge is -2.31. The average molecular weight is 384 g/mol. The Morgan fingerprint density at radius 1 is 1.15 bits per heavy atom. The van der Waals surface area contributed by atoms with Gasteiger partial charge in [0.2, 0.25) is 0 Å². The van der Waals surface area contributed by atoms with Crippen molar-refractivity contribution in [3.8, 4) is 0 Å². The normalized spacial score (nSPS) is 15.2. The zero-order chi connectivity index (χ0) is 18.8. The van der Waals surface area contributed by atoms with Crippen molar-refractivity contribution in [2.24, 2.45) is 0 Å². The fourth-order valence-corrected chi connectivity index (χ4v) is 2.79. The Kier molecular flexibility index (Phi) is 5.19. The molecule has 10 heteroatoms. The number of amides is 2. The van der Waals surface area contributed by atoms with E-state index in [0.29, 0.717) is 19.2 Å². The van der Waals surface area contributed by atoms with E-state index in [0.717, 1.165) is 19.2 Å². The Labute approximate surface area is 152 Å². The molecule has 1 aliphatic heterocycles. The average Bonchev–Trinajstić information content (AvgIpc) is 3.06. The van der Waals surface area contributed by atoms with E-state index in [2.05, 4.69) is 20.4 Å². The summed E-state index contributed by atoms with van der Waals surface area (Å²) in [6.45, 7) is 2.73. The van der Waals surface area contributed by atoms with Crippen LogP contribution in [0.25, 0.3) is 0 Å². The van der Waals surface area contributed by atoms with Crippen molar-refractivity contribution in [1.29, 1.82) is 0 Å². The summed E-state index contributed by atoms with van der Waals surface area (Å²) in [6.07, 6.45) is 0. The molecule has 1 aromatic carbocycles. The molecule has 7 nitrogen and oxygen atoms in total. The molecule has 0 saturated carbocycles. The lowest BCUT2D eigenvalue weighted by Crippen LogP contribution is -2.47. The number of benzene rings is 1. The van der Waals surface area contributed by atoms with E-state index in [4.69, 9.17) is 11.6 Å². The van der Waals surface area contributed by atoms with Gasteiger partial charge in [0.1, 0.15) is 5.82 Å². The van der Waals surface area contributed by atoms with Crippen LogP contribution in [0.2, 0.25) is 5.02 Å². The predicted octanol–water partition coefficient (Wildman–Crippen LogP) is 1.98. The van der Waals surface area contributed by atoms with E-state index in [1.54, 1.807) is 4.90 Å². The Bertz CT molecular complexity index is 849. The summed E-state index contributed by atoms with van der Waals surface area (Å²) in [5.74, 6) is -3.19. The third-order valence-corrected chi connectivity index (χ3v) is 4.40. The summed E-state index contributed by atoms with van der Waals surface area (Å²) in [5, 5.41) is 8.62. The first kappa shape index (κ1) is 18.3. The second kappa shape index (κ2) is 7.38. The van der Waals surface area contributed by atoms with Crippen molar-refractivity contribution in [1.82, 2.24) is 20.0 Å². The van der Waals surface area contributed by atoms with Crippen LogP contribution < -0.4 is 5.32 Å². The Morgan fingerprint density at radius 2 is 1.81 bits per heavy atom. The second-order valence-electron chi connectivity index (χ2n) is 5.96. The minimum Gasteiger partial charge on any atom is -0.335 e. The molecule has 0 spiro atoms. The molecular formula is C16H16ClF2N5O2. The van der Waals surface area contributed by atoms with Gasteiger partial charge in [0.05, 0.1) is 10.6 Å². The molecule has 2 aromatic rings. The number of hydrogen-bond acceptors (Lipinski definition) is 4. The van der Waals surface area contributed by atoms with Crippen LogP contribution in [0.1, 0.15) is 20.8 Å². The van der Waals surface area contributed by atoms with Crippen LogP contribution in [-0.4, -0.2) is 65.0 Å². The molecule has 1 aromatic heterocycles. The SMILES string of the molecule is CN1CCN(C(=O)c2cc(NC(=O)c3cc(F)c(F)cc3Cl)[nH]n2)CC1. The van der Waals surface area contributed by atoms with Crippen molar-refractivity contribution < 1.29 is 18.4 Å². The van der Waals surface area contributed by atoms with Crippen molar-refractivity contribution in [2.45, 2.75) is 0 Å². The standard InChI is InChI=1S/C16H16ClF2N5O2/c1-23-2-4-24(5-3-23)16(26)13-8-14(22-21-13)20-15(25)9-6-11(18)12(19)7-10(9)17/h6-8H,2-5H2,1H3,(H2,20,21,22,25). The topological polar surface area (TPSA) is 81.3 Å². The number of hydrogen-bond donors (Lipinski definition) is 2. The van der Waals surface area contributed by atoms with Gasteiger partial charge in [-0.05, 0) is 19.2 Å². The maximum Gasteiger partial charge on any atom is 0.274 e. The summed E-state index contributed by atoms with van der Waals surface area (Å²) < 4.78 is 26.4. The lowest BCUT2D eigenvalue weighted by atomic mass is 10.2. The molecule has 26 heavy (non-hydrogen) atoms. The molecule has 1 saturated heterocycles. The first-order chi connectivity index (χ1) is 12.3. The van der Waals surface area contributed by atoms with Crippen LogP contribution in [0.15, 0.2) is 18.2 Å². The highest BCUT2D eigenvalue weighted by Gasteiger charge is 2.23. The van der Waals surface area contributed by atoms with Gasteiger partial charge in [0.25, 0.3) is 11.8 Å². The first-order valence-electron chi connectivity index (χ1n) is 7.84. The molecule has 0 unspecified atom stereocenters. The molecule has 1 aliphatic rings. The highest BCUT2D eigenvalue weighted by molar-refractivity contribution is 6.34. The molecule has 138 valence electrons. The predicted molar refractivity (Wildman–Crippen MR) is 91.3 cm³/mol. The Morgan fingerprint density at radius 3 is 2.50 bits per heavy atom. The largest absolute Gasteiger partial charge is 0.335 e. The van der Waals surface area contributed by atoms with E-state index >= 15 is 0 Å². The molecule has 0 radical (unpaired) electrons. The third kappa shape index (κ3) is 3.83. The summed E-state index contributed by atoms with van der Waals surface area (Å²) >= 11 is 5.77. The molecule has 2 heterocycles. The number of carbonyl (C=O) groups excluding carboxylic acids is 2. The van der Waals surface area contributed by atoms with Gasteiger partial charge >= 0.3 is 0 Å². The summed E-state index contributed by atoms with van der Waals surface area (Å²) in [4.78, 5) is 28.4. The molecule has 0 aliphatic carbocycles. The molecule has 2 amide bonds. The van der Waals surface area contributed by atoms with E-state index in [9.17, 15) is 18.4 Å². The maximum atomic E-state index is 13.3. The Hall–Kier alpha value is -2.52. The van der Waals surface area contributed by atoms with E-state index in [1.807, 2.05) is 7.05 Å². The number of halogens is 3. The number of nitrogens with zero attached hydrogens (tertiary/aromatic N) is 3. The number of rotatable bonds is 3. The van der Waals surface area contributed by atoms with E-state index in [1.165, 1.54) is 6.07 Å². The van der Waals surface area contributed by atoms with Gasteiger partial charge in [0.15, 0.2) is 17.3 Å². The van der Waals surface area contributed by atoms with Gasteiger partial charge in [-0.1, -0.05) is 11.6 Å². The fraction of sp³-hybridized carbons (Fsp3) is 0.312. The number of carbonyl (C=O) groups is 2. The second-order valence-corrected chi connectivity index (χ2v) is 6.37. The van der Waals surface area contributed by atoms with Crippen LogP contribution >= 0.6 is 11.6 Å². The van der Waals surface area contributed by atoms with Crippen LogP contribution in [0, 0.1) is 11.6 Å². The van der Waals surface area contributed by atoms with Crippen LogP contribution in [0.3, 0.4) is 0 Å². The highest BCUT2D eigenvalue weighted by atomic mass is 35.5. The fourth-order valence-electron chi connectivity index (χ4n) is 2.55. The summed E-state index contributed by atoms with van der Waals surface area (Å²) in [7, 11) is 1.98. The highest BCUT2D eigenvalue weighted by Crippen LogP contribution is 2.21. The van der Waals surface area contributed by atoms with E-state index < -0.39 is 17.5 Å². The molecule has 0 bridgehead atoms. The van der Waals surface area contributed by atoms with Crippen LogP contribution in [0.4, 0.5) is 14.6 Å². The third-order valence-electron chi connectivity index (χ3n) is 4.09. The molecule has 0 atom stereocenters. The maximum absolute atomic E-state index is 13.3. The zero-order valence-electron chi connectivity index (χ0n) is 13.9. The van der Waals surface area contributed by atoms with E-state index in [-0.39, 0.29) is 28.0 Å². The number of anilines is 1. The van der Waals surface area contributed by atoms with Gasteiger partial charge in [-0.3, -0.25) is 14.7 Å². The number of nitrogens with one attached hydrogen (secondary N) is 2. The first-order valence-corrected chi connectivity index (χ1v) is 8.22. The monoisotopic (exact) mass is 383 g/mol. The van der Waals surface area contributed by atoms with Crippen molar-refractivity contribution >= 4 is 29.2 Å². The van der Waals surface area contributed by atoms with Crippen LogP contribution in [0.5, 0.6) is 0 Å². The quantitative estimate of drug-likeness (QED) is 0.794. The number of piperazine rings is 1. The molecule has 1 fully saturated rings. The van der Waals surface area contributed by atoms with Gasteiger partial charge in [-0.2, -0.15) is 5.10 Å². The molecule has 2 N–H and O–H groups in total. The summed E-state index contributed by atoms with van der Waals surface area (Å²) in [6, 6.07) is 2.81. The van der Waals surface area contributed by atoms with Crippen molar-refractivity contribution in [3.05, 3.63) is 46.1 Å². The zero-order valence-corrected chi connectivity index (χ0v) is 14.6. The molecular weight excluding hydrogens is 368 g/mol. The van der Waals surface area contributed by atoms with Gasteiger partial charge in [0, 0.05) is 32.2 Å². The van der Waals surface area contributed by atoms with Crippen LogP contribution in [-0.2, 0) is 0 Å². The number of aromatic amines is 1. The van der Waals surface area contributed by atoms with Gasteiger partial charge in [-0.15, -0.1) is 0 Å². The Balaban J connectivity index is 1.69. The summed E-state index contributed by atoms with van der Waals surface area (Å²) in [5.41, 5.74) is -0.0756. The number of H-pyrrole nitrogens is 1. The number of likely N-dealkylation sites (N-methyl/N-ethyl adjacent to an activating group) is 1. The smallest absolute Gasteiger partial charge is 0.274 e. The van der Waals surface area contributed by atoms with Gasteiger partial charge in [-0.25, -0.2) is 8.78 Å².